The largest absolute Gasteiger partial charge is 0.497 e. The normalized spacial score (nSPS) is 17.1. The third-order valence-electron chi connectivity index (χ3n) is 5.33. The summed E-state index contributed by atoms with van der Waals surface area (Å²) in [6.45, 7) is 2.10. The van der Waals surface area contributed by atoms with Crippen LogP contribution < -0.4 is 9.64 Å². The fraction of sp³-hybridized carbons (Fsp3) is 0.333. The molecule has 0 bridgehead atoms. The smallest absolute Gasteiger partial charge is 0.269 e. The van der Waals surface area contributed by atoms with Crippen LogP contribution in [0.1, 0.15) is 24.9 Å². The van der Waals surface area contributed by atoms with Crippen molar-refractivity contribution in [1.29, 1.82) is 0 Å². The SMILES string of the molecule is COc1cccc(N2C[C@@H](C(=O)N(C)[C@@H](C)c3cccc([N+](=O)[O-])c3)CC2=O)c1. The van der Waals surface area contributed by atoms with Gasteiger partial charge in [0.1, 0.15) is 5.75 Å². The zero-order valence-corrected chi connectivity index (χ0v) is 16.6. The minimum atomic E-state index is -0.472. The van der Waals surface area contributed by atoms with Crippen LogP contribution in [0.4, 0.5) is 11.4 Å². The number of nitrogens with zero attached hydrogens (tertiary/aromatic N) is 3. The van der Waals surface area contributed by atoms with Crippen LogP contribution in [0, 0.1) is 16.0 Å². The molecule has 29 heavy (non-hydrogen) atoms. The number of nitro benzene ring substituents is 1. The maximum absolute atomic E-state index is 13.0. The van der Waals surface area contributed by atoms with E-state index in [9.17, 15) is 19.7 Å². The Bertz CT molecular complexity index is 945. The van der Waals surface area contributed by atoms with Gasteiger partial charge in [0.05, 0.1) is 24.0 Å². The second-order valence-corrected chi connectivity index (χ2v) is 7.08. The molecule has 0 aliphatic carbocycles. The van der Waals surface area contributed by atoms with Gasteiger partial charge in [0.2, 0.25) is 11.8 Å². The maximum Gasteiger partial charge on any atom is 0.269 e. The Morgan fingerprint density at radius 3 is 2.69 bits per heavy atom. The first-order chi connectivity index (χ1) is 13.8. The summed E-state index contributed by atoms with van der Waals surface area (Å²) in [5.74, 6) is -0.114. The van der Waals surface area contributed by atoms with Crippen molar-refractivity contribution in [1.82, 2.24) is 4.90 Å². The molecule has 3 rings (SSSR count). The Hall–Kier alpha value is -3.42. The highest BCUT2D eigenvalue weighted by Gasteiger charge is 2.37. The number of rotatable bonds is 6. The number of benzene rings is 2. The molecule has 0 aromatic heterocycles. The van der Waals surface area contributed by atoms with Crippen LogP contribution in [-0.2, 0) is 9.59 Å². The highest BCUT2D eigenvalue weighted by molar-refractivity contribution is 6.00. The van der Waals surface area contributed by atoms with E-state index in [1.807, 2.05) is 13.0 Å². The molecule has 1 heterocycles. The molecular weight excluding hydrogens is 374 g/mol. The van der Waals surface area contributed by atoms with Crippen molar-refractivity contribution in [3.8, 4) is 5.75 Å². The number of ether oxygens (including phenoxy) is 1. The van der Waals surface area contributed by atoms with Crippen molar-refractivity contribution in [3.05, 3.63) is 64.2 Å². The van der Waals surface area contributed by atoms with Crippen LogP contribution in [0.2, 0.25) is 0 Å². The Morgan fingerprint density at radius 1 is 1.28 bits per heavy atom. The van der Waals surface area contributed by atoms with E-state index in [1.165, 1.54) is 12.1 Å². The number of nitro groups is 1. The number of carbonyl (C=O) groups excluding carboxylic acids is 2. The Balaban J connectivity index is 1.73. The number of amides is 2. The van der Waals surface area contributed by atoms with E-state index < -0.39 is 10.8 Å². The van der Waals surface area contributed by atoms with E-state index >= 15 is 0 Å². The van der Waals surface area contributed by atoms with Gasteiger partial charge in [-0.3, -0.25) is 19.7 Å². The first kappa shape index (κ1) is 20.3. The summed E-state index contributed by atoms with van der Waals surface area (Å²) in [6.07, 6.45) is 0.127. The quantitative estimate of drug-likeness (QED) is 0.551. The van der Waals surface area contributed by atoms with Gasteiger partial charge < -0.3 is 14.5 Å². The number of methoxy groups -OCH3 is 1. The zero-order valence-electron chi connectivity index (χ0n) is 16.6. The van der Waals surface area contributed by atoms with Crippen molar-refractivity contribution in [3.63, 3.8) is 0 Å². The van der Waals surface area contributed by atoms with Crippen molar-refractivity contribution >= 4 is 23.2 Å². The molecule has 0 unspecified atom stereocenters. The highest BCUT2D eigenvalue weighted by Crippen LogP contribution is 2.31. The van der Waals surface area contributed by atoms with Crippen LogP contribution in [-0.4, -0.2) is 42.3 Å². The summed E-state index contributed by atoms with van der Waals surface area (Å²) in [4.78, 5) is 39.2. The molecule has 2 aromatic rings. The maximum atomic E-state index is 13.0. The van der Waals surface area contributed by atoms with Gasteiger partial charge >= 0.3 is 0 Å². The summed E-state index contributed by atoms with van der Waals surface area (Å²) in [5, 5.41) is 11.0. The summed E-state index contributed by atoms with van der Waals surface area (Å²) in [6, 6.07) is 13.0. The molecule has 0 N–H and O–H groups in total. The van der Waals surface area contributed by atoms with Crippen molar-refractivity contribution in [2.24, 2.45) is 5.92 Å². The Morgan fingerprint density at radius 2 is 2.00 bits per heavy atom. The van der Waals surface area contributed by atoms with Gasteiger partial charge in [-0.2, -0.15) is 0 Å². The van der Waals surface area contributed by atoms with Gasteiger partial charge in [-0.15, -0.1) is 0 Å². The molecule has 1 fully saturated rings. The minimum Gasteiger partial charge on any atom is -0.497 e. The van der Waals surface area contributed by atoms with Gasteiger partial charge in [-0.25, -0.2) is 0 Å². The first-order valence-corrected chi connectivity index (χ1v) is 9.27. The first-order valence-electron chi connectivity index (χ1n) is 9.27. The predicted molar refractivity (Wildman–Crippen MR) is 108 cm³/mol. The number of non-ortho nitro benzene ring substituents is 1. The average Bonchev–Trinajstić information content (AvgIpc) is 3.13. The van der Waals surface area contributed by atoms with Crippen molar-refractivity contribution < 1.29 is 19.2 Å². The minimum absolute atomic E-state index is 0.0181. The lowest BCUT2D eigenvalue weighted by molar-refractivity contribution is -0.384. The summed E-state index contributed by atoms with van der Waals surface area (Å²) in [5.41, 5.74) is 1.35. The number of hydrogen-bond acceptors (Lipinski definition) is 5. The molecule has 152 valence electrons. The van der Waals surface area contributed by atoms with Crippen LogP contribution in [0.15, 0.2) is 48.5 Å². The lowest BCUT2D eigenvalue weighted by atomic mass is 10.0. The van der Waals surface area contributed by atoms with Crippen LogP contribution in [0.3, 0.4) is 0 Å². The fourth-order valence-corrected chi connectivity index (χ4v) is 3.50. The molecule has 8 heteroatoms. The molecule has 2 atom stereocenters. The molecule has 0 spiro atoms. The van der Waals surface area contributed by atoms with Crippen molar-refractivity contribution in [2.75, 3.05) is 25.6 Å². The molecule has 0 saturated carbocycles. The predicted octanol–water partition coefficient (Wildman–Crippen LogP) is 3.18. The van der Waals surface area contributed by atoms with Gasteiger partial charge in [-0.05, 0) is 24.6 Å². The number of carbonyl (C=O) groups is 2. The molecule has 2 amide bonds. The molecule has 1 aliphatic heterocycles. The highest BCUT2D eigenvalue weighted by atomic mass is 16.6. The molecule has 0 radical (unpaired) electrons. The molecule has 8 nitrogen and oxygen atoms in total. The van der Waals surface area contributed by atoms with Gasteiger partial charge in [0.15, 0.2) is 0 Å². The summed E-state index contributed by atoms with van der Waals surface area (Å²) < 4.78 is 5.21. The molecular formula is C21H23N3O5. The summed E-state index contributed by atoms with van der Waals surface area (Å²) >= 11 is 0. The molecule has 1 saturated heterocycles. The lowest BCUT2D eigenvalue weighted by Gasteiger charge is -2.27. The molecule has 1 aliphatic rings. The van der Waals surface area contributed by atoms with Crippen LogP contribution in [0.25, 0.3) is 0 Å². The zero-order chi connectivity index (χ0) is 21.1. The van der Waals surface area contributed by atoms with E-state index in [0.717, 1.165) is 0 Å². The number of anilines is 1. The third-order valence-corrected chi connectivity index (χ3v) is 5.33. The lowest BCUT2D eigenvalue weighted by Crippen LogP contribution is -2.36. The van der Waals surface area contributed by atoms with Gasteiger partial charge in [-0.1, -0.05) is 18.2 Å². The van der Waals surface area contributed by atoms with Crippen LogP contribution >= 0.6 is 0 Å². The average molecular weight is 397 g/mol. The summed E-state index contributed by atoms with van der Waals surface area (Å²) in [7, 11) is 3.21. The van der Waals surface area contributed by atoms with Crippen molar-refractivity contribution in [2.45, 2.75) is 19.4 Å². The van der Waals surface area contributed by atoms with E-state index in [2.05, 4.69) is 0 Å². The van der Waals surface area contributed by atoms with Gasteiger partial charge in [0.25, 0.3) is 5.69 Å². The topological polar surface area (TPSA) is 93.0 Å². The second-order valence-electron chi connectivity index (χ2n) is 7.08. The Labute approximate surface area is 168 Å². The standard InChI is InChI=1S/C21H23N3O5/c1-14(15-6-4-8-18(10-15)24(27)28)22(2)21(26)16-11-20(25)23(13-16)17-7-5-9-19(12-17)29-3/h4-10,12,14,16H,11,13H2,1-3H3/t14-,16-/m0/s1. The Kier molecular flexibility index (Phi) is 5.81. The van der Waals surface area contributed by atoms with E-state index in [1.54, 1.807) is 54.3 Å². The number of hydrogen-bond donors (Lipinski definition) is 0. The van der Waals surface area contributed by atoms with Gasteiger partial charge in [0, 0.05) is 43.9 Å². The molecule has 2 aromatic carbocycles. The van der Waals surface area contributed by atoms with E-state index in [0.29, 0.717) is 17.0 Å². The van der Waals surface area contributed by atoms with E-state index in [4.69, 9.17) is 4.74 Å². The third kappa shape index (κ3) is 4.21. The monoisotopic (exact) mass is 397 g/mol. The second kappa shape index (κ2) is 8.30. The fourth-order valence-electron chi connectivity index (χ4n) is 3.50. The van der Waals surface area contributed by atoms with Crippen LogP contribution in [0.5, 0.6) is 5.75 Å². The van der Waals surface area contributed by atoms with E-state index in [-0.39, 0.29) is 36.5 Å².